The van der Waals surface area contributed by atoms with Crippen LogP contribution in [0.4, 0.5) is 0 Å². The van der Waals surface area contributed by atoms with Crippen molar-refractivity contribution in [3.63, 3.8) is 0 Å². The lowest BCUT2D eigenvalue weighted by molar-refractivity contribution is 0.108. The monoisotopic (exact) mass is 249 g/mol. The van der Waals surface area contributed by atoms with Gasteiger partial charge in [-0.25, -0.2) is 0 Å². The normalized spacial score (nSPS) is 23.9. The number of hydrogen-bond donors (Lipinski definition) is 2. The predicted molar refractivity (Wildman–Crippen MR) is 72.7 cm³/mol. The molecule has 0 bridgehead atoms. The molecule has 1 aliphatic carbocycles. The van der Waals surface area contributed by atoms with Crippen molar-refractivity contribution in [1.82, 2.24) is 5.32 Å². The lowest BCUT2D eigenvalue weighted by Crippen LogP contribution is -2.27. The molecule has 0 heterocycles. The number of aliphatic hydroxyl groups excluding tert-OH is 1. The van der Waals surface area contributed by atoms with Crippen molar-refractivity contribution in [3.05, 3.63) is 29.8 Å². The molecule has 1 fully saturated rings. The van der Waals surface area contributed by atoms with E-state index in [1.54, 1.807) is 7.11 Å². The van der Waals surface area contributed by atoms with E-state index in [-0.39, 0.29) is 6.10 Å². The Balaban J connectivity index is 1.68. The molecule has 1 aromatic carbocycles. The number of methoxy groups -OCH3 is 1. The molecule has 2 rings (SSSR count). The Hall–Kier alpha value is -1.06. The molecular formula is C15H23NO2. The van der Waals surface area contributed by atoms with E-state index in [4.69, 9.17) is 4.74 Å². The van der Waals surface area contributed by atoms with Gasteiger partial charge in [0.05, 0.1) is 13.2 Å². The summed E-state index contributed by atoms with van der Waals surface area (Å²) in [6.07, 6.45) is 4.18. The summed E-state index contributed by atoms with van der Waals surface area (Å²) in [5.74, 6) is 1.63. The third-order valence-corrected chi connectivity index (χ3v) is 3.74. The van der Waals surface area contributed by atoms with E-state index >= 15 is 0 Å². The zero-order chi connectivity index (χ0) is 12.8. The summed E-state index contributed by atoms with van der Waals surface area (Å²) in [6, 6.07) is 8.18. The van der Waals surface area contributed by atoms with Crippen LogP contribution in [0.15, 0.2) is 24.3 Å². The Kier molecular flexibility index (Phi) is 5.02. The van der Waals surface area contributed by atoms with Gasteiger partial charge in [0.1, 0.15) is 5.75 Å². The SMILES string of the molecule is COc1ccc(CNCC2CCC(O)CC2)cc1. The van der Waals surface area contributed by atoms with Gasteiger partial charge in [-0.05, 0) is 55.8 Å². The van der Waals surface area contributed by atoms with E-state index in [1.807, 2.05) is 12.1 Å². The van der Waals surface area contributed by atoms with E-state index in [0.717, 1.165) is 50.4 Å². The van der Waals surface area contributed by atoms with E-state index in [0.29, 0.717) is 0 Å². The molecule has 100 valence electrons. The van der Waals surface area contributed by atoms with Gasteiger partial charge in [0.15, 0.2) is 0 Å². The van der Waals surface area contributed by atoms with E-state index < -0.39 is 0 Å². The van der Waals surface area contributed by atoms with Crippen LogP contribution in [0.3, 0.4) is 0 Å². The average Bonchev–Trinajstić information content (AvgIpc) is 2.42. The maximum atomic E-state index is 9.45. The molecule has 3 heteroatoms. The first-order valence-electron chi connectivity index (χ1n) is 6.79. The van der Waals surface area contributed by atoms with Crippen LogP contribution in [0.2, 0.25) is 0 Å². The first-order chi connectivity index (χ1) is 8.78. The van der Waals surface area contributed by atoms with Crippen LogP contribution in [-0.4, -0.2) is 24.9 Å². The lowest BCUT2D eigenvalue weighted by Gasteiger charge is -2.25. The highest BCUT2D eigenvalue weighted by Gasteiger charge is 2.18. The molecule has 0 saturated heterocycles. The molecule has 1 aliphatic rings. The minimum Gasteiger partial charge on any atom is -0.497 e. The maximum Gasteiger partial charge on any atom is 0.118 e. The van der Waals surface area contributed by atoms with Crippen molar-refractivity contribution >= 4 is 0 Å². The Morgan fingerprint density at radius 3 is 2.44 bits per heavy atom. The highest BCUT2D eigenvalue weighted by molar-refractivity contribution is 5.26. The standard InChI is InChI=1S/C15H23NO2/c1-18-15-8-4-13(5-9-15)11-16-10-12-2-6-14(17)7-3-12/h4-5,8-9,12,14,16-17H,2-3,6-7,10-11H2,1H3. The summed E-state index contributed by atoms with van der Waals surface area (Å²) in [5.41, 5.74) is 1.28. The molecule has 0 amide bonds. The van der Waals surface area contributed by atoms with Crippen molar-refractivity contribution in [2.24, 2.45) is 5.92 Å². The quantitative estimate of drug-likeness (QED) is 0.841. The number of hydrogen-bond acceptors (Lipinski definition) is 3. The van der Waals surface area contributed by atoms with Gasteiger partial charge in [-0.2, -0.15) is 0 Å². The molecule has 1 aromatic rings. The second-order valence-corrected chi connectivity index (χ2v) is 5.15. The fraction of sp³-hybridized carbons (Fsp3) is 0.600. The Morgan fingerprint density at radius 2 is 1.83 bits per heavy atom. The summed E-state index contributed by atoms with van der Waals surface area (Å²) in [5, 5.41) is 12.9. The van der Waals surface area contributed by atoms with Crippen molar-refractivity contribution in [1.29, 1.82) is 0 Å². The molecule has 2 N–H and O–H groups in total. The molecule has 1 saturated carbocycles. The van der Waals surface area contributed by atoms with Crippen LogP contribution in [-0.2, 0) is 6.54 Å². The second-order valence-electron chi connectivity index (χ2n) is 5.15. The molecule has 18 heavy (non-hydrogen) atoms. The average molecular weight is 249 g/mol. The van der Waals surface area contributed by atoms with E-state index in [2.05, 4.69) is 17.4 Å². The fourth-order valence-electron chi connectivity index (χ4n) is 2.51. The molecular weight excluding hydrogens is 226 g/mol. The smallest absolute Gasteiger partial charge is 0.118 e. The van der Waals surface area contributed by atoms with Crippen LogP contribution in [0.5, 0.6) is 5.75 Å². The number of rotatable bonds is 5. The number of aliphatic hydroxyl groups is 1. The number of ether oxygens (including phenoxy) is 1. The fourth-order valence-corrected chi connectivity index (χ4v) is 2.51. The third kappa shape index (κ3) is 4.00. The minimum atomic E-state index is -0.0529. The van der Waals surface area contributed by atoms with Gasteiger partial charge in [0.2, 0.25) is 0 Å². The summed E-state index contributed by atoms with van der Waals surface area (Å²) >= 11 is 0. The first-order valence-corrected chi connectivity index (χ1v) is 6.79. The second kappa shape index (κ2) is 6.76. The summed E-state index contributed by atoms with van der Waals surface area (Å²) in [7, 11) is 1.69. The molecule has 0 aromatic heterocycles. The summed E-state index contributed by atoms with van der Waals surface area (Å²) in [4.78, 5) is 0. The Bertz CT molecular complexity index is 342. The van der Waals surface area contributed by atoms with Crippen molar-refractivity contribution in [2.75, 3.05) is 13.7 Å². The number of benzene rings is 1. The highest BCUT2D eigenvalue weighted by atomic mass is 16.5. The highest BCUT2D eigenvalue weighted by Crippen LogP contribution is 2.23. The van der Waals surface area contributed by atoms with Gasteiger partial charge in [0, 0.05) is 6.54 Å². The molecule has 3 nitrogen and oxygen atoms in total. The molecule has 0 radical (unpaired) electrons. The summed E-state index contributed by atoms with van der Waals surface area (Å²) in [6.45, 7) is 1.96. The van der Waals surface area contributed by atoms with Gasteiger partial charge in [-0.15, -0.1) is 0 Å². The third-order valence-electron chi connectivity index (χ3n) is 3.74. The van der Waals surface area contributed by atoms with Gasteiger partial charge in [-0.3, -0.25) is 0 Å². The molecule has 0 aliphatic heterocycles. The zero-order valence-corrected chi connectivity index (χ0v) is 11.1. The van der Waals surface area contributed by atoms with Crippen LogP contribution in [0.25, 0.3) is 0 Å². The van der Waals surface area contributed by atoms with Crippen LogP contribution >= 0.6 is 0 Å². The predicted octanol–water partition coefficient (Wildman–Crippen LogP) is 2.34. The van der Waals surface area contributed by atoms with Crippen LogP contribution in [0.1, 0.15) is 31.2 Å². The van der Waals surface area contributed by atoms with Gasteiger partial charge < -0.3 is 15.2 Å². The van der Waals surface area contributed by atoms with Crippen molar-refractivity contribution in [3.8, 4) is 5.75 Å². The Labute approximate surface area is 109 Å². The Morgan fingerprint density at radius 1 is 1.17 bits per heavy atom. The van der Waals surface area contributed by atoms with Gasteiger partial charge in [0.25, 0.3) is 0 Å². The largest absolute Gasteiger partial charge is 0.497 e. The van der Waals surface area contributed by atoms with Crippen molar-refractivity contribution < 1.29 is 9.84 Å². The van der Waals surface area contributed by atoms with E-state index in [9.17, 15) is 5.11 Å². The topological polar surface area (TPSA) is 41.5 Å². The maximum absolute atomic E-state index is 9.45. The first kappa shape index (κ1) is 13.4. The zero-order valence-electron chi connectivity index (χ0n) is 11.1. The van der Waals surface area contributed by atoms with Gasteiger partial charge >= 0.3 is 0 Å². The summed E-state index contributed by atoms with van der Waals surface area (Å²) < 4.78 is 5.13. The molecule has 0 unspecified atom stereocenters. The van der Waals surface area contributed by atoms with Gasteiger partial charge in [-0.1, -0.05) is 12.1 Å². The van der Waals surface area contributed by atoms with Crippen LogP contribution in [0, 0.1) is 5.92 Å². The number of nitrogens with one attached hydrogen (secondary N) is 1. The van der Waals surface area contributed by atoms with E-state index in [1.165, 1.54) is 5.56 Å². The van der Waals surface area contributed by atoms with Crippen molar-refractivity contribution in [2.45, 2.75) is 38.3 Å². The molecule has 0 spiro atoms. The van der Waals surface area contributed by atoms with Crippen LogP contribution < -0.4 is 10.1 Å². The minimum absolute atomic E-state index is 0.0529. The molecule has 0 atom stereocenters. The lowest BCUT2D eigenvalue weighted by atomic mass is 9.87.